The number of rotatable bonds is 0. The molecule has 0 aliphatic carbocycles. The van der Waals surface area contributed by atoms with E-state index in [0.29, 0.717) is 6.42 Å². The summed E-state index contributed by atoms with van der Waals surface area (Å²) in [5.74, 6) is -0.459. The molecule has 0 fully saturated rings. The summed E-state index contributed by atoms with van der Waals surface area (Å²) in [7, 11) is 0. The van der Waals surface area contributed by atoms with Crippen LogP contribution in [0.1, 0.15) is 39.0 Å². The fourth-order valence-corrected chi connectivity index (χ4v) is 1.73. The molecule has 0 aromatic rings. The minimum Gasteiger partial charge on any atom is -0.460 e. The van der Waals surface area contributed by atoms with Gasteiger partial charge in [-0.3, -0.25) is 0 Å². The molecule has 0 bridgehead atoms. The van der Waals surface area contributed by atoms with Gasteiger partial charge in [0.15, 0.2) is 0 Å². The molecule has 0 spiro atoms. The highest BCUT2D eigenvalue weighted by Crippen LogP contribution is 2.13. The number of cyclic esters (lactones) is 1. The molecule has 1 aliphatic rings. The second-order valence-electron chi connectivity index (χ2n) is 4.30. The summed E-state index contributed by atoms with van der Waals surface area (Å²) in [6.07, 6.45) is 4.87. The zero-order valence-corrected chi connectivity index (χ0v) is 9.63. The Hall–Kier alpha value is -0.870. The van der Waals surface area contributed by atoms with Crippen molar-refractivity contribution >= 4 is 5.97 Å². The highest BCUT2D eigenvalue weighted by Gasteiger charge is 2.15. The number of aliphatic hydroxyl groups is 2. The van der Waals surface area contributed by atoms with Crippen LogP contribution in [0.2, 0.25) is 0 Å². The van der Waals surface area contributed by atoms with Gasteiger partial charge in [-0.15, -0.1) is 0 Å². The number of hydrogen-bond acceptors (Lipinski definition) is 4. The number of ether oxygens (including phenoxy) is 1. The van der Waals surface area contributed by atoms with Crippen molar-refractivity contribution in [1.29, 1.82) is 0 Å². The summed E-state index contributed by atoms with van der Waals surface area (Å²) in [6.45, 7) is 1.86. The number of esters is 1. The summed E-state index contributed by atoms with van der Waals surface area (Å²) in [4.78, 5) is 11.3. The van der Waals surface area contributed by atoms with Crippen LogP contribution in [0, 0.1) is 0 Å². The van der Waals surface area contributed by atoms with Crippen LogP contribution in [-0.4, -0.2) is 34.5 Å². The fraction of sp³-hybridized carbons (Fsp3) is 0.750. The van der Waals surface area contributed by atoms with Gasteiger partial charge in [-0.25, -0.2) is 4.79 Å². The zero-order chi connectivity index (χ0) is 12.0. The van der Waals surface area contributed by atoms with Crippen LogP contribution in [0.15, 0.2) is 12.2 Å². The van der Waals surface area contributed by atoms with E-state index in [1.165, 1.54) is 12.2 Å². The van der Waals surface area contributed by atoms with Gasteiger partial charge in [-0.2, -0.15) is 0 Å². The van der Waals surface area contributed by atoms with Crippen molar-refractivity contribution in [2.45, 2.75) is 57.3 Å². The summed E-state index contributed by atoms with van der Waals surface area (Å²) in [5, 5.41) is 19.0. The molecule has 0 aromatic carbocycles. The summed E-state index contributed by atoms with van der Waals surface area (Å²) in [6, 6.07) is 0. The normalized spacial score (nSPS) is 35.7. The first-order valence-electron chi connectivity index (χ1n) is 5.84. The van der Waals surface area contributed by atoms with Crippen molar-refractivity contribution in [1.82, 2.24) is 0 Å². The van der Waals surface area contributed by atoms with Crippen molar-refractivity contribution in [2.75, 3.05) is 0 Å². The smallest absolute Gasteiger partial charge is 0.330 e. The van der Waals surface area contributed by atoms with Gasteiger partial charge in [0, 0.05) is 6.08 Å². The standard InChI is InChI=1S/C12H20O4/c1-9-5-3-2-4-6-10(13)11(14)7-8-12(15)16-9/h7-11,13-14H,2-6H2,1H3/b8-7+/t9-,10+,11-/m0/s1. The molecule has 92 valence electrons. The van der Waals surface area contributed by atoms with Crippen LogP contribution in [0.5, 0.6) is 0 Å². The Labute approximate surface area is 95.9 Å². The third-order valence-corrected chi connectivity index (χ3v) is 2.75. The highest BCUT2D eigenvalue weighted by molar-refractivity contribution is 5.82. The van der Waals surface area contributed by atoms with E-state index >= 15 is 0 Å². The largest absolute Gasteiger partial charge is 0.460 e. The zero-order valence-electron chi connectivity index (χ0n) is 9.63. The lowest BCUT2D eigenvalue weighted by Gasteiger charge is -2.16. The lowest BCUT2D eigenvalue weighted by molar-refractivity contribution is -0.142. The van der Waals surface area contributed by atoms with Crippen molar-refractivity contribution < 1.29 is 19.7 Å². The Balaban J connectivity index is 2.58. The Morgan fingerprint density at radius 3 is 2.69 bits per heavy atom. The second-order valence-corrected chi connectivity index (χ2v) is 4.30. The molecular formula is C12H20O4. The quantitative estimate of drug-likeness (QED) is 0.611. The Morgan fingerprint density at radius 1 is 1.25 bits per heavy atom. The summed E-state index contributed by atoms with van der Waals surface area (Å²) < 4.78 is 5.09. The predicted molar refractivity (Wildman–Crippen MR) is 59.8 cm³/mol. The van der Waals surface area contributed by atoms with E-state index in [0.717, 1.165) is 25.7 Å². The van der Waals surface area contributed by atoms with Gasteiger partial charge in [0.1, 0.15) is 0 Å². The SMILES string of the molecule is C[C@H]1CCCCC[C@@H](O)[C@@H](O)/C=C/C(=O)O1. The van der Waals surface area contributed by atoms with E-state index in [4.69, 9.17) is 4.74 Å². The summed E-state index contributed by atoms with van der Waals surface area (Å²) in [5.41, 5.74) is 0. The minimum atomic E-state index is -0.984. The van der Waals surface area contributed by atoms with Gasteiger partial charge < -0.3 is 14.9 Å². The van der Waals surface area contributed by atoms with Crippen LogP contribution in [0.25, 0.3) is 0 Å². The van der Waals surface area contributed by atoms with Crippen molar-refractivity contribution in [3.63, 3.8) is 0 Å². The molecule has 16 heavy (non-hydrogen) atoms. The van der Waals surface area contributed by atoms with Gasteiger partial charge in [-0.1, -0.05) is 12.8 Å². The van der Waals surface area contributed by atoms with Crippen molar-refractivity contribution in [3.8, 4) is 0 Å². The monoisotopic (exact) mass is 228 g/mol. The van der Waals surface area contributed by atoms with Gasteiger partial charge in [0.2, 0.25) is 0 Å². The predicted octanol–water partition coefficient (Wildman–Crippen LogP) is 1.16. The minimum absolute atomic E-state index is 0.0846. The van der Waals surface area contributed by atoms with E-state index in [1.807, 2.05) is 6.92 Å². The molecule has 2 N–H and O–H groups in total. The Kier molecular flexibility index (Phi) is 5.49. The van der Waals surface area contributed by atoms with Crippen LogP contribution in [-0.2, 0) is 9.53 Å². The maximum absolute atomic E-state index is 11.3. The highest BCUT2D eigenvalue weighted by atomic mass is 16.5. The molecule has 4 nitrogen and oxygen atoms in total. The number of aliphatic hydroxyl groups excluding tert-OH is 2. The average Bonchev–Trinajstić information content (AvgIpc) is 2.23. The van der Waals surface area contributed by atoms with E-state index < -0.39 is 18.2 Å². The first kappa shape index (κ1) is 13.2. The average molecular weight is 228 g/mol. The van der Waals surface area contributed by atoms with Crippen molar-refractivity contribution in [2.24, 2.45) is 0 Å². The fourth-order valence-electron chi connectivity index (χ4n) is 1.73. The molecule has 0 saturated heterocycles. The van der Waals surface area contributed by atoms with E-state index in [9.17, 15) is 15.0 Å². The van der Waals surface area contributed by atoms with Crippen LogP contribution in [0.3, 0.4) is 0 Å². The van der Waals surface area contributed by atoms with E-state index in [-0.39, 0.29) is 6.10 Å². The summed E-state index contributed by atoms with van der Waals surface area (Å²) >= 11 is 0. The molecule has 1 rings (SSSR count). The maximum atomic E-state index is 11.3. The molecule has 0 amide bonds. The lowest BCUT2D eigenvalue weighted by atomic mass is 10.0. The molecule has 1 heterocycles. The molecule has 1 aliphatic heterocycles. The molecular weight excluding hydrogens is 208 g/mol. The lowest BCUT2D eigenvalue weighted by Crippen LogP contribution is -2.24. The Bertz CT molecular complexity index is 249. The van der Waals surface area contributed by atoms with E-state index in [2.05, 4.69) is 0 Å². The first-order chi connectivity index (χ1) is 7.59. The third-order valence-electron chi connectivity index (χ3n) is 2.75. The molecule has 0 unspecified atom stereocenters. The van der Waals surface area contributed by atoms with Crippen LogP contribution in [0.4, 0.5) is 0 Å². The third kappa shape index (κ3) is 4.77. The molecule has 3 atom stereocenters. The van der Waals surface area contributed by atoms with Gasteiger partial charge in [0.05, 0.1) is 18.3 Å². The van der Waals surface area contributed by atoms with Crippen LogP contribution < -0.4 is 0 Å². The molecule has 0 aromatic heterocycles. The van der Waals surface area contributed by atoms with Crippen LogP contribution >= 0.6 is 0 Å². The van der Waals surface area contributed by atoms with Gasteiger partial charge in [-0.05, 0) is 32.3 Å². The molecule has 0 saturated carbocycles. The Morgan fingerprint density at radius 2 is 1.94 bits per heavy atom. The first-order valence-corrected chi connectivity index (χ1v) is 5.84. The molecule has 0 radical (unpaired) electrons. The topological polar surface area (TPSA) is 66.8 Å². The number of carbonyl (C=O) groups excluding carboxylic acids is 1. The number of carbonyl (C=O) groups is 1. The van der Waals surface area contributed by atoms with Gasteiger partial charge >= 0.3 is 5.97 Å². The second kappa shape index (κ2) is 6.66. The van der Waals surface area contributed by atoms with E-state index in [1.54, 1.807) is 0 Å². The maximum Gasteiger partial charge on any atom is 0.330 e. The van der Waals surface area contributed by atoms with Crippen molar-refractivity contribution in [3.05, 3.63) is 12.2 Å². The van der Waals surface area contributed by atoms with Gasteiger partial charge in [0.25, 0.3) is 0 Å². The molecule has 4 heteroatoms. The number of hydrogen-bond donors (Lipinski definition) is 2.